The van der Waals surface area contributed by atoms with E-state index in [4.69, 9.17) is 27.9 Å². The largest absolute Gasteiger partial charge is 0.450 e. The summed E-state index contributed by atoms with van der Waals surface area (Å²) in [5.41, 5.74) is 1.30. The van der Waals surface area contributed by atoms with E-state index < -0.39 is 10.0 Å². The molecule has 0 aliphatic carbocycles. The summed E-state index contributed by atoms with van der Waals surface area (Å²) >= 11 is 12.4. The topological polar surface area (TPSA) is 87.2 Å². The molecule has 0 N–H and O–H groups in total. The van der Waals surface area contributed by atoms with Gasteiger partial charge in [0.1, 0.15) is 0 Å². The minimum absolute atomic E-state index is 0.0412. The molecule has 0 bridgehead atoms. The number of hydrogen-bond acceptors (Lipinski definition) is 5. The molecule has 33 heavy (non-hydrogen) atoms. The number of rotatable bonds is 6. The number of anilines is 1. The summed E-state index contributed by atoms with van der Waals surface area (Å²) in [5.74, 6) is -0.190. The van der Waals surface area contributed by atoms with Crippen LogP contribution in [0.4, 0.5) is 10.5 Å². The molecule has 2 aromatic carbocycles. The zero-order valence-electron chi connectivity index (χ0n) is 18.3. The van der Waals surface area contributed by atoms with Crippen molar-refractivity contribution in [3.63, 3.8) is 0 Å². The van der Waals surface area contributed by atoms with E-state index in [0.717, 1.165) is 6.26 Å². The van der Waals surface area contributed by atoms with Crippen LogP contribution in [0.1, 0.15) is 22.8 Å². The average Bonchev–Trinajstić information content (AvgIpc) is 2.78. The van der Waals surface area contributed by atoms with Gasteiger partial charge in [0.2, 0.25) is 10.0 Å². The van der Waals surface area contributed by atoms with Crippen LogP contribution in [0.5, 0.6) is 0 Å². The van der Waals surface area contributed by atoms with Gasteiger partial charge in [-0.05, 0) is 43.3 Å². The summed E-state index contributed by atoms with van der Waals surface area (Å²) in [5, 5.41) is 0.731. The summed E-state index contributed by atoms with van der Waals surface area (Å²) in [6, 6.07) is 11.3. The summed E-state index contributed by atoms with van der Waals surface area (Å²) in [7, 11) is -3.65. The third kappa shape index (κ3) is 6.10. The van der Waals surface area contributed by atoms with E-state index in [0.29, 0.717) is 59.6 Å². The normalized spacial score (nSPS) is 14.2. The van der Waals surface area contributed by atoms with Crippen LogP contribution in [0.3, 0.4) is 0 Å². The number of carbonyl (C=O) groups is 2. The second-order valence-electron chi connectivity index (χ2n) is 7.49. The van der Waals surface area contributed by atoms with E-state index in [-0.39, 0.29) is 18.5 Å². The van der Waals surface area contributed by atoms with E-state index in [2.05, 4.69) is 0 Å². The molecule has 2 aromatic rings. The quantitative estimate of drug-likeness (QED) is 0.584. The summed E-state index contributed by atoms with van der Waals surface area (Å²) in [4.78, 5) is 27.9. The van der Waals surface area contributed by atoms with Crippen LogP contribution < -0.4 is 4.31 Å². The van der Waals surface area contributed by atoms with Crippen LogP contribution in [0.15, 0.2) is 42.5 Å². The van der Waals surface area contributed by atoms with Crippen molar-refractivity contribution in [1.29, 1.82) is 0 Å². The van der Waals surface area contributed by atoms with Gasteiger partial charge in [0, 0.05) is 47.4 Å². The van der Waals surface area contributed by atoms with Gasteiger partial charge < -0.3 is 14.5 Å². The number of ether oxygens (including phenoxy) is 1. The van der Waals surface area contributed by atoms with Crippen molar-refractivity contribution >= 4 is 50.9 Å². The first-order chi connectivity index (χ1) is 15.6. The maximum absolute atomic E-state index is 12.9. The van der Waals surface area contributed by atoms with E-state index in [1.165, 1.54) is 4.31 Å². The van der Waals surface area contributed by atoms with Crippen molar-refractivity contribution in [3.8, 4) is 0 Å². The van der Waals surface area contributed by atoms with Gasteiger partial charge in [0.15, 0.2) is 0 Å². The smallest absolute Gasteiger partial charge is 0.409 e. The number of hydrogen-bond donors (Lipinski definition) is 0. The van der Waals surface area contributed by atoms with Gasteiger partial charge >= 0.3 is 6.09 Å². The van der Waals surface area contributed by atoms with E-state index in [1.807, 2.05) is 0 Å². The third-order valence-corrected chi connectivity index (χ3v) is 7.11. The predicted octanol–water partition coefficient (Wildman–Crippen LogP) is 3.87. The molecule has 3 rings (SSSR count). The Hall–Kier alpha value is -2.49. The highest BCUT2D eigenvalue weighted by Crippen LogP contribution is 2.29. The Bertz CT molecular complexity index is 1100. The number of benzene rings is 2. The molecular weight excluding hydrogens is 489 g/mol. The van der Waals surface area contributed by atoms with Gasteiger partial charge in [-0.3, -0.25) is 9.10 Å². The van der Waals surface area contributed by atoms with Gasteiger partial charge in [-0.15, -0.1) is 0 Å². The number of halogens is 2. The molecule has 0 aromatic heterocycles. The van der Waals surface area contributed by atoms with Crippen LogP contribution in [0, 0.1) is 0 Å². The molecule has 178 valence electrons. The number of carbonyl (C=O) groups excluding carboxylic acids is 2. The number of nitrogens with zero attached hydrogens (tertiary/aromatic N) is 3. The fourth-order valence-electron chi connectivity index (χ4n) is 3.49. The van der Waals surface area contributed by atoms with Crippen molar-refractivity contribution < 1.29 is 22.7 Å². The predicted molar refractivity (Wildman–Crippen MR) is 128 cm³/mol. The van der Waals surface area contributed by atoms with Gasteiger partial charge in [-0.25, -0.2) is 13.2 Å². The van der Waals surface area contributed by atoms with Crippen molar-refractivity contribution in [2.45, 2.75) is 13.5 Å². The maximum atomic E-state index is 12.9. The summed E-state index contributed by atoms with van der Waals surface area (Å²) in [6.45, 7) is 3.57. The van der Waals surface area contributed by atoms with Gasteiger partial charge in [0.05, 0.1) is 25.1 Å². The molecule has 11 heteroatoms. The Kier molecular flexibility index (Phi) is 8.10. The summed E-state index contributed by atoms with van der Waals surface area (Å²) in [6.07, 6.45) is 0.716. The van der Waals surface area contributed by atoms with Gasteiger partial charge in [-0.1, -0.05) is 29.3 Å². The Balaban J connectivity index is 1.74. The van der Waals surface area contributed by atoms with E-state index in [1.54, 1.807) is 59.2 Å². The second kappa shape index (κ2) is 10.6. The highest BCUT2D eigenvalue weighted by atomic mass is 35.5. The highest BCUT2D eigenvalue weighted by Gasteiger charge is 2.26. The Morgan fingerprint density at radius 1 is 0.970 bits per heavy atom. The van der Waals surface area contributed by atoms with Crippen molar-refractivity contribution in [1.82, 2.24) is 9.80 Å². The molecule has 0 spiro atoms. The van der Waals surface area contributed by atoms with Crippen molar-refractivity contribution in [2.75, 3.05) is 43.3 Å². The molecule has 1 saturated heterocycles. The zero-order valence-corrected chi connectivity index (χ0v) is 20.7. The lowest BCUT2D eigenvalue weighted by atomic mass is 10.1. The maximum Gasteiger partial charge on any atom is 0.409 e. The fraction of sp³-hybridized carbons (Fsp3) is 0.364. The Morgan fingerprint density at radius 2 is 1.52 bits per heavy atom. The molecule has 0 saturated carbocycles. The lowest BCUT2D eigenvalue weighted by Gasteiger charge is -2.34. The Morgan fingerprint density at radius 3 is 2.03 bits per heavy atom. The molecule has 1 aliphatic heterocycles. The Labute approximate surface area is 203 Å². The minimum atomic E-state index is -3.65. The lowest BCUT2D eigenvalue weighted by Crippen LogP contribution is -2.50. The molecule has 0 radical (unpaired) electrons. The molecule has 0 atom stereocenters. The number of amides is 2. The highest BCUT2D eigenvalue weighted by molar-refractivity contribution is 7.92. The molecule has 8 nitrogen and oxygen atoms in total. The van der Waals surface area contributed by atoms with Crippen molar-refractivity contribution in [2.24, 2.45) is 0 Å². The van der Waals surface area contributed by atoms with Crippen LogP contribution in [-0.4, -0.2) is 69.3 Å². The van der Waals surface area contributed by atoms with Crippen LogP contribution in [0.2, 0.25) is 10.0 Å². The first kappa shape index (κ1) is 25.1. The van der Waals surface area contributed by atoms with Gasteiger partial charge in [0.25, 0.3) is 5.91 Å². The second-order valence-corrected chi connectivity index (χ2v) is 10.2. The molecule has 0 unspecified atom stereocenters. The van der Waals surface area contributed by atoms with Gasteiger partial charge in [-0.2, -0.15) is 0 Å². The molecule has 2 amide bonds. The summed E-state index contributed by atoms with van der Waals surface area (Å²) < 4.78 is 31.1. The van der Waals surface area contributed by atoms with E-state index in [9.17, 15) is 18.0 Å². The molecule has 1 heterocycles. The number of sulfonamides is 1. The van der Waals surface area contributed by atoms with Crippen LogP contribution in [0.25, 0.3) is 0 Å². The van der Waals surface area contributed by atoms with E-state index >= 15 is 0 Å². The fourth-order valence-corrected chi connectivity index (χ4v) is 4.87. The zero-order chi connectivity index (χ0) is 24.2. The lowest BCUT2D eigenvalue weighted by molar-refractivity contribution is 0.0570. The van der Waals surface area contributed by atoms with Crippen molar-refractivity contribution in [3.05, 3.63) is 63.6 Å². The standard InChI is InChI=1S/C22H25Cl2N3O5S/c1-3-32-22(29)26-13-11-25(12-14-26)21(28)16-7-9-17(10-8-16)27(33(2,30)31)15-18-19(23)5-4-6-20(18)24/h4-10H,3,11-15H2,1-2H3. The number of piperazine rings is 1. The van der Waals surface area contributed by atoms with Crippen LogP contribution in [-0.2, 0) is 21.3 Å². The van der Waals surface area contributed by atoms with Crippen LogP contribution >= 0.6 is 23.2 Å². The molecule has 1 fully saturated rings. The first-order valence-corrected chi connectivity index (χ1v) is 12.9. The average molecular weight is 514 g/mol. The monoisotopic (exact) mass is 513 g/mol. The third-order valence-electron chi connectivity index (χ3n) is 5.26. The molecular formula is C22H25Cl2N3O5S. The minimum Gasteiger partial charge on any atom is -0.450 e. The molecule has 1 aliphatic rings. The SMILES string of the molecule is CCOC(=O)N1CCN(C(=O)c2ccc(N(Cc3c(Cl)cccc3Cl)S(C)(=O)=O)cc2)CC1. The first-order valence-electron chi connectivity index (χ1n) is 10.3.